The van der Waals surface area contributed by atoms with Crippen molar-refractivity contribution in [3.63, 3.8) is 0 Å². The van der Waals surface area contributed by atoms with Crippen molar-refractivity contribution in [2.75, 3.05) is 26.8 Å². The number of hydrogen-bond acceptors (Lipinski definition) is 6. The summed E-state index contributed by atoms with van der Waals surface area (Å²) in [5.74, 6) is 0.841. The van der Waals surface area contributed by atoms with Crippen molar-refractivity contribution in [2.45, 2.75) is 51.0 Å². The largest absolute Gasteiger partial charge is 0.497 e. The van der Waals surface area contributed by atoms with Crippen molar-refractivity contribution < 1.29 is 19.3 Å². The fourth-order valence-electron chi connectivity index (χ4n) is 3.67. The molecule has 1 aromatic rings. The minimum absolute atomic E-state index is 0.102. The molecule has 2 aliphatic heterocycles. The number of rotatable bonds is 7. The Hall–Kier alpha value is -1.18. The van der Waals surface area contributed by atoms with E-state index in [1.165, 1.54) is 0 Å². The van der Waals surface area contributed by atoms with Gasteiger partial charge in [0.15, 0.2) is 6.29 Å². The van der Waals surface area contributed by atoms with E-state index < -0.39 is 6.10 Å². The van der Waals surface area contributed by atoms with Gasteiger partial charge in [-0.3, -0.25) is 4.90 Å². The van der Waals surface area contributed by atoms with Gasteiger partial charge in [-0.25, -0.2) is 0 Å². The first-order valence-corrected chi connectivity index (χ1v) is 8.73. The zero-order chi connectivity index (χ0) is 17.1. The molecule has 2 N–H and O–H groups in total. The van der Waals surface area contributed by atoms with Crippen LogP contribution in [0.2, 0.25) is 0 Å². The van der Waals surface area contributed by atoms with Gasteiger partial charge in [-0.1, -0.05) is 26.0 Å². The van der Waals surface area contributed by atoms with Crippen molar-refractivity contribution >= 4 is 0 Å². The predicted octanol–water partition coefficient (Wildman–Crippen LogP) is 0.980. The van der Waals surface area contributed by atoms with Gasteiger partial charge in [0.05, 0.1) is 31.9 Å². The number of hydrogen-bond donors (Lipinski definition) is 2. The van der Waals surface area contributed by atoms with Crippen LogP contribution in [0.3, 0.4) is 0 Å². The van der Waals surface area contributed by atoms with Crippen LogP contribution in [-0.2, 0) is 16.0 Å². The summed E-state index contributed by atoms with van der Waals surface area (Å²) in [4.78, 5) is 2.21. The van der Waals surface area contributed by atoms with Crippen LogP contribution < -0.4 is 10.1 Å². The minimum atomic E-state index is -0.519. The normalized spacial score (nSPS) is 32.3. The first-order valence-electron chi connectivity index (χ1n) is 8.73. The fourth-order valence-corrected chi connectivity index (χ4v) is 3.67. The van der Waals surface area contributed by atoms with Gasteiger partial charge in [0.1, 0.15) is 11.9 Å². The second-order valence-electron chi connectivity index (χ2n) is 6.33. The molecule has 6 heteroatoms. The topological polar surface area (TPSA) is 63.2 Å². The Kier molecular flexibility index (Phi) is 5.73. The molecule has 134 valence electrons. The summed E-state index contributed by atoms with van der Waals surface area (Å²) in [7, 11) is 1.66. The molecule has 2 aliphatic rings. The summed E-state index contributed by atoms with van der Waals surface area (Å²) in [6.45, 7) is 7.10. The van der Waals surface area contributed by atoms with E-state index >= 15 is 0 Å². The molecule has 0 unspecified atom stereocenters. The summed E-state index contributed by atoms with van der Waals surface area (Å²) in [5.41, 5.74) is 1.14. The number of nitrogens with zero attached hydrogens (tertiary/aromatic N) is 1. The van der Waals surface area contributed by atoms with Crippen LogP contribution in [0.4, 0.5) is 0 Å². The Bertz CT molecular complexity index is 518. The van der Waals surface area contributed by atoms with Crippen molar-refractivity contribution in [3.05, 3.63) is 29.8 Å². The number of aliphatic hydroxyl groups is 1. The number of methoxy groups -OCH3 is 1. The Morgan fingerprint density at radius 3 is 2.58 bits per heavy atom. The lowest BCUT2D eigenvalue weighted by molar-refractivity contribution is -0.181. The summed E-state index contributed by atoms with van der Waals surface area (Å²) in [6, 6.07) is 7.66. The van der Waals surface area contributed by atoms with Gasteiger partial charge in [-0.05, 0) is 30.8 Å². The highest BCUT2D eigenvalue weighted by Crippen LogP contribution is 2.31. The van der Waals surface area contributed by atoms with Crippen LogP contribution in [0.5, 0.6) is 5.75 Å². The molecule has 0 aliphatic carbocycles. The molecule has 2 bridgehead atoms. The zero-order valence-electron chi connectivity index (χ0n) is 14.6. The molecule has 2 fully saturated rings. The summed E-state index contributed by atoms with van der Waals surface area (Å²) < 4.78 is 17.0. The van der Waals surface area contributed by atoms with Gasteiger partial charge >= 0.3 is 0 Å². The van der Waals surface area contributed by atoms with E-state index in [4.69, 9.17) is 14.2 Å². The Morgan fingerprint density at radius 2 is 1.96 bits per heavy atom. The number of nitrogens with one attached hydrogen (secondary N) is 1. The van der Waals surface area contributed by atoms with Gasteiger partial charge in [0.25, 0.3) is 0 Å². The fraction of sp³-hybridized carbons (Fsp3) is 0.667. The summed E-state index contributed by atoms with van der Waals surface area (Å²) >= 11 is 0. The van der Waals surface area contributed by atoms with Crippen LogP contribution in [0.25, 0.3) is 0 Å². The second kappa shape index (κ2) is 7.80. The van der Waals surface area contributed by atoms with E-state index in [1.54, 1.807) is 7.11 Å². The molecule has 0 amide bonds. The highest BCUT2D eigenvalue weighted by Gasteiger charge is 2.51. The molecule has 3 rings (SSSR count). The number of benzene rings is 1. The smallest absolute Gasteiger partial charge is 0.176 e. The molecule has 0 spiro atoms. The van der Waals surface area contributed by atoms with Gasteiger partial charge in [0, 0.05) is 6.54 Å². The number of aliphatic hydroxyl groups excluding tert-OH is 1. The highest BCUT2D eigenvalue weighted by atomic mass is 16.7. The standard InChI is InChI=1S/C18H28N2O4/c1-4-20(5-2)16-17(21)15(14-11-23-18(16)24-14)19-10-12-6-8-13(22-3)9-7-12/h6-9,14-19,21H,4-5,10-11H2,1-3H3/t14-,15+,16-,17-,18+/m0/s1. The molecule has 6 nitrogen and oxygen atoms in total. The first kappa shape index (κ1) is 17.6. The summed E-state index contributed by atoms with van der Waals surface area (Å²) in [5, 5.41) is 14.4. The van der Waals surface area contributed by atoms with Gasteiger partial charge in [0.2, 0.25) is 0 Å². The average Bonchev–Trinajstić information content (AvgIpc) is 3.04. The molecule has 0 saturated carbocycles. The van der Waals surface area contributed by atoms with Crippen molar-refractivity contribution in [1.29, 1.82) is 0 Å². The lowest BCUT2D eigenvalue weighted by Gasteiger charge is -2.43. The maximum absolute atomic E-state index is 10.9. The van der Waals surface area contributed by atoms with E-state index in [9.17, 15) is 5.11 Å². The SMILES string of the molecule is CCN(CC)[C@@H]1[C@@H]2OC[C@H](O2)[C@@H](NCc2ccc(OC)cc2)[C@@H]1O. The molecule has 0 aromatic heterocycles. The van der Waals surface area contributed by atoms with Crippen LogP contribution in [0.15, 0.2) is 24.3 Å². The molecule has 0 radical (unpaired) electrons. The minimum Gasteiger partial charge on any atom is -0.497 e. The monoisotopic (exact) mass is 336 g/mol. The predicted molar refractivity (Wildman–Crippen MR) is 91.0 cm³/mol. The Labute approximate surface area is 143 Å². The van der Waals surface area contributed by atoms with Crippen molar-refractivity contribution in [3.8, 4) is 5.75 Å². The Morgan fingerprint density at radius 1 is 1.25 bits per heavy atom. The van der Waals surface area contributed by atoms with Crippen LogP contribution in [-0.4, -0.2) is 67.4 Å². The average molecular weight is 336 g/mol. The van der Waals surface area contributed by atoms with Crippen LogP contribution in [0.1, 0.15) is 19.4 Å². The van der Waals surface area contributed by atoms with Crippen LogP contribution >= 0.6 is 0 Å². The Balaban J connectivity index is 1.67. The zero-order valence-corrected chi connectivity index (χ0v) is 14.6. The lowest BCUT2D eigenvalue weighted by Crippen LogP contribution is -2.64. The number of fused-ring (bicyclic) bond motifs is 2. The third-order valence-electron chi connectivity index (χ3n) is 5.07. The van der Waals surface area contributed by atoms with Gasteiger partial charge in [-0.2, -0.15) is 0 Å². The highest BCUT2D eigenvalue weighted by molar-refractivity contribution is 5.27. The van der Waals surface area contributed by atoms with Gasteiger partial charge < -0.3 is 24.6 Å². The molecule has 2 saturated heterocycles. The van der Waals surface area contributed by atoms with Crippen molar-refractivity contribution in [1.82, 2.24) is 10.2 Å². The molecular formula is C18H28N2O4. The first-order chi connectivity index (χ1) is 11.7. The third-order valence-corrected chi connectivity index (χ3v) is 5.07. The molecular weight excluding hydrogens is 308 g/mol. The van der Waals surface area contributed by atoms with E-state index in [0.717, 1.165) is 24.4 Å². The number of likely N-dealkylation sites (N-methyl/N-ethyl adjacent to an activating group) is 1. The molecule has 1 aromatic carbocycles. The van der Waals surface area contributed by atoms with Crippen LogP contribution in [0, 0.1) is 0 Å². The maximum atomic E-state index is 10.9. The second-order valence-corrected chi connectivity index (χ2v) is 6.33. The summed E-state index contributed by atoms with van der Waals surface area (Å²) in [6.07, 6.45) is -0.951. The van der Waals surface area contributed by atoms with E-state index in [-0.39, 0.29) is 24.5 Å². The molecule has 5 atom stereocenters. The third kappa shape index (κ3) is 3.43. The quantitative estimate of drug-likeness (QED) is 0.774. The number of ether oxygens (including phenoxy) is 3. The molecule has 2 heterocycles. The van der Waals surface area contributed by atoms with Crippen molar-refractivity contribution in [2.24, 2.45) is 0 Å². The van der Waals surface area contributed by atoms with E-state index in [0.29, 0.717) is 13.2 Å². The van der Waals surface area contributed by atoms with Gasteiger partial charge in [-0.15, -0.1) is 0 Å². The maximum Gasteiger partial charge on any atom is 0.176 e. The van der Waals surface area contributed by atoms with E-state index in [2.05, 4.69) is 24.1 Å². The van der Waals surface area contributed by atoms with E-state index in [1.807, 2.05) is 24.3 Å². The molecule has 24 heavy (non-hydrogen) atoms. The lowest BCUT2D eigenvalue weighted by atomic mass is 9.94.